The highest BCUT2D eigenvalue weighted by molar-refractivity contribution is 5.18. The summed E-state index contributed by atoms with van der Waals surface area (Å²) in [6.07, 6.45) is 3.71. The highest BCUT2D eigenvalue weighted by atomic mass is 16.5. The van der Waals surface area contributed by atoms with Crippen molar-refractivity contribution in [2.75, 3.05) is 33.4 Å². The molecule has 0 radical (unpaired) electrons. The Labute approximate surface area is 116 Å². The third-order valence-corrected chi connectivity index (χ3v) is 3.72. The normalized spacial score (nSPS) is 16.8. The Hall–Kier alpha value is -0.900. The minimum Gasteiger partial charge on any atom is -0.380 e. The zero-order valence-electron chi connectivity index (χ0n) is 11.9. The van der Waals surface area contributed by atoms with E-state index < -0.39 is 0 Å². The second-order valence-electron chi connectivity index (χ2n) is 5.63. The fraction of sp³-hybridized carbons (Fsp3) is 0.625. The molecular formula is C16H26N2O. The Bertz CT molecular complexity index is 351. The molecule has 0 spiro atoms. The summed E-state index contributed by atoms with van der Waals surface area (Å²) in [5.74, 6) is 0.858. The van der Waals surface area contributed by atoms with E-state index in [1.54, 1.807) is 0 Å². The molecule has 1 saturated carbocycles. The summed E-state index contributed by atoms with van der Waals surface area (Å²) in [5, 5.41) is 0. The van der Waals surface area contributed by atoms with Crippen LogP contribution in [0.25, 0.3) is 0 Å². The van der Waals surface area contributed by atoms with Crippen molar-refractivity contribution >= 4 is 0 Å². The molecule has 3 heteroatoms. The van der Waals surface area contributed by atoms with Crippen molar-refractivity contribution in [3.8, 4) is 0 Å². The number of likely N-dealkylation sites (N-methyl/N-ethyl adjacent to an activating group) is 1. The van der Waals surface area contributed by atoms with Gasteiger partial charge in [-0.05, 0) is 44.3 Å². The molecule has 106 valence electrons. The van der Waals surface area contributed by atoms with Crippen molar-refractivity contribution < 1.29 is 4.74 Å². The van der Waals surface area contributed by atoms with Gasteiger partial charge in [0.2, 0.25) is 0 Å². The van der Waals surface area contributed by atoms with Crippen molar-refractivity contribution in [2.45, 2.75) is 25.3 Å². The molecule has 1 aromatic rings. The minimum atomic E-state index is 0.135. The quantitative estimate of drug-likeness (QED) is 0.695. The van der Waals surface area contributed by atoms with Crippen LogP contribution in [0.3, 0.4) is 0 Å². The van der Waals surface area contributed by atoms with E-state index in [4.69, 9.17) is 10.5 Å². The molecule has 0 aromatic heterocycles. The zero-order valence-corrected chi connectivity index (χ0v) is 11.9. The van der Waals surface area contributed by atoms with Gasteiger partial charge in [-0.15, -0.1) is 0 Å². The largest absolute Gasteiger partial charge is 0.380 e. The Morgan fingerprint density at radius 1 is 1.26 bits per heavy atom. The monoisotopic (exact) mass is 262 g/mol. The van der Waals surface area contributed by atoms with E-state index >= 15 is 0 Å². The average molecular weight is 262 g/mol. The Balaban J connectivity index is 1.55. The lowest BCUT2D eigenvalue weighted by atomic mass is 10.0. The molecule has 2 rings (SSSR count). The Morgan fingerprint density at radius 2 is 2.00 bits per heavy atom. The topological polar surface area (TPSA) is 38.5 Å². The van der Waals surface area contributed by atoms with Gasteiger partial charge in [0.25, 0.3) is 0 Å². The average Bonchev–Trinajstić information content (AvgIpc) is 3.26. The molecule has 1 aliphatic rings. The number of hydrogen-bond acceptors (Lipinski definition) is 3. The maximum atomic E-state index is 6.19. The lowest BCUT2D eigenvalue weighted by Crippen LogP contribution is -2.27. The van der Waals surface area contributed by atoms with Crippen LogP contribution in [0.15, 0.2) is 30.3 Å². The zero-order chi connectivity index (χ0) is 13.5. The molecule has 0 bridgehead atoms. The second-order valence-corrected chi connectivity index (χ2v) is 5.63. The molecule has 0 saturated heterocycles. The maximum absolute atomic E-state index is 6.19. The van der Waals surface area contributed by atoms with Crippen LogP contribution >= 0.6 is 0 Å². The first-order valence-electron chi connectivity index (χ1n) is 7.32. The summed E-state index contributed by atoms with van der Waals surface area (Å²) < 4.78 is 5.65. The van der Waals surface area contributed by atoms with Crippen LogP contribution in [0.2, 0.25) is 0 Å². The SMILES string of the molecule is CN(CCOCC1CC1)CCC(N)c1ccccc1. The molecule has 0 aliphatic heterocycles. The van der Waals surface area contributed by atoms with Crippen molar-refractivity contribution in [3.63, 3.8) is 0 Å². The molecule has 0 heterocycles. The van der Waals surface area contributed by atoms with Gasteiger partial charge in [-0.1, -0.05) is 30.3 Å². The van der Waals surface area contributed by atoms with E-state index in [9.17, 15) is 0 Å². The molecule has 0 amide bonds. The molecule has 1 fully saturated rings. The van der Waals surface area contributed by atoms with Gasteiger partial charge in [-0.3, -0.25) is 0 Å². The van der Waals surface area contributed by atoms with Crippen LogP contribution in [0.1, 0.15) is 30.9 Å². The van der Waals surface area contributed by atoms with Crippen LogP contribution in [0, 0.1) is 5.92 Å². The molecular weight excluding hydrogens is 236 g/mol. The summed E-state index contributed by atoms with van der Waals surface area (Å²) in [4.78, 5) is 2.30. The van der Waals surface area contributed by atoms with E-state index in [1.165, 1.54) is 18.4 Å². The van der Waals surface area contributed by atoms with Crippen molar-refractivity contribution in [3.05, 3.63) is 35.9 Å². The number of nitrogens with zero attached hydrogens (tertiary/aromatic N) is 1. The summed E-state index contributed by atoms with van der Waals surface area (Å²) in [5.41, 5.74) is 7.41. The Kier molecular flexibility index (Phi) is 5.83. The highest BCUT2D eigenvalue weighted by Crippen LogP contribution is 2.28. The van der Waals surface area contributed by atoms with Gasteiger partial charge in [0.15, 0.2) is 0 Å². The van der Waals surface area contributed by atoms with Gasteiger partial charge < -0.3 is 15.4 Å². The van der Waals surface area contributed by atoms with E-state index in [1.807, 2.05) is 18.2 Å². The molecule has 1 aliphatic carbocycles. The van der Waals surface area contributed by atoms with Crippen molar-refractivity contribution in [2.24, 2.45) is 11.7 Å². The van der Waals surface area contributed by atoms with Crippen LogP contribution < -0.4 is 5.73 Å². The maximum Gasteiger partial charge on any atom is 0.0593 e. The summed E-state index contributed by atoms with van der Waals surface area (Å²) in [6.45, 7) is 3.81. The van der Waals surface area contributed by atoms with Crippen LogP contribution in [0.5, 0.6) is 0 Å². The minimum absolute atomic E-state index is 0.135. The molecule has 2 N–H and O–H groups in total. The first kappa shape index (κ1) is 14.5. The molecule has 1 aromatic carbocycles. The van der Waals surface area contributed by atoms with Crippen LogP contribution in [0.4, 0.5) is 0 Å². The second kappa shape index (κ2) is 7.63. The molecule has 3 nitrogen and oxygen atoms in total. The van der Waals surface area contributed by atoms with E-state index in [2.05, 4.69) is 24.1 Å². The smallest absolute Gasteiger partial charge is 0.0593 e. The third kappa shape index (κ3) is 5.72. The van der Waals surface area contributed by atoms with Crippen molar-refractivity contribution in [1.29, 1.82) is 0 Å². The molecule has 19 heavy (non-hydrogen) atoms. The number of ether oxygens (including phenoxy) is 1. The first-order chi connectivity index (χ1) is 9.25. The molecule has 1 atom stereocenters. The third-order valence-electron chi connectivity index (χ3n) is 3.72. The summed E-state index contributed by atoms with van der Waals surface area (Å²) in [6, 6.07) is 10.5. The first-order valence-corrected chi connectivity index (χ1v) is 7.32. The lowest BCUT2D eigenvalue weighted by Gasteiger charge is -2.19. The van der Waals surface area contributed by atoms with Crippen molar-refractivity contribution in [1.82, 2.24) is 4.90 Å². The number of benzene rings is 1. The van der Waals surface area contributed by atoms with Gasteiger partial charge in [0.1, 0.15) is 0 Å². The fourth-order valence-electron chi connectivity index (χ4n) is 2.09. The van der Waals surface area contributed by atoms with Gasteiger partial charge in [0.05, 0.1) is 6.61 Å². The van der Waals surface area contributed by atoms with Crippen LogP contribution in [-0.2, 0) is 4.74 Å². The molecule has 1 unspecified atom stereocenters. The van der Waals surface area contributed by atoms with E-state index in [0.717, 1.165) is 38.6 Å². The summed E-state index contributed by atoms with van der Waals surface area (Å²) >= 11 is 0. The van der Waals surface area contributed by atoms with Gasteiger partial charge >= 0.3 is 0 Å². The van der Waals surface area contributed by atoms with Gasteiger partial charge in [-0.2, -0.15) is 0 Å². The predicted octanol–water partition coefficient (Wildman–Crippen LogP) is 2.43. The standard InChI is InChI=1S/C16H26N2O/c1-18(11-12-19-13-14-7-8-14)10-9-16(17)15-5-3-2-4-6-15/h2-6,14,16H,7-13,17H2,1H3. The summed E-state index contributed by atoms with van der Waals surface area (Å²) in [7, 11) is 2.14. The fourth-order valence-corrected chi connectivity index (χ4v) is 2.09. The van der Waals surface area contributed by atoms with Gasteiger partial charge in [-0.25, -0.2) is 0 Å². The number of hydrogen-bond donors (Lipinski definition) is 1. The lowest BCUT2D eigenvalue weighted by molar-refractivity contribution is 0.103. The Morgan fingerprint density at radius 3 is 2.68 bits per heavy atom. The van der Waals surface area contributed by atoms with Crippen LogP contribution in [-0.4, -0.2) is 38.3 Å². The predicted molar refractivity (Wildman–Crippen MR) is 79.0 cm³/mol. The number of nitrogens with two attached hydrogens (primary N) is 1. The van der Waals surface area contributed by atoms with Gasteiger partial charge in [0, 0.05) is 19.2 Å². The highest BCUT2D eigenvalue weighted by Gasteiger charge is 2.20. The van der Waals surface area contributed by atoms with E-state index in [-0.39, 0.29) is 6.04 Å². The number of rotatable bonds is 9. The van der Waals surface area contributed by atoms with E-state index in [0.29, 0.717) is 0 Å².